The number of esters is 1. The first-order valence-corrected chi connectivity index (χ1v) is 8.10. The first-order chi connectivity index (χ1) is 10.0. The standard InChI is InChI=1S/C14H21N3O3S/c1-4-20-14(19)10-6-5-7-17(8-10)13(18)12-11(9(2)3)15-16-21-12/h9-10H,4-8H2,1-3H3/t10-/m1/s1. The maximum absolute atomic E-state index is 12.6. The number of nitrogens with zero attached hydrogens (tertiary/aromatic N) is 3. The highest BCUT2D eigenvalue weighted by atomic mass is 32.1. The highest BCUT2D eigenvalue weighted by Gasteiger charge is 2.32. The van der Waals surface area contributed by atoms with E-state index >= 15 is 0 Å². The third-order valence-corrected chi connectivity index (χ3v) is 4.31. The molecular formula is C14H21N3O3S. The van der Waals surface area contributed by atoms with Gasteiger partial charge in [0, 0.05) is 13.1 Å². The predicted octanol–water partition coefficient (Wildman–Crippen LogP) is 2.08. The fraction of sp³-hybridized carbons (Fsp3) is 0.714. The fourth-order valence-electron chi connectivity index (χ4n) is 2.48. The molecule has 1 fully saturated rings. The van der Waals surface area contributed by atoms with Crippen molar-refractivity contribution in [2.45, 2.75) is 39.5 Å². The van der Waals surface area contributed by atoms with Crippen LogP contribution in [0.15, 0.2) is 0 Å². The summed E-state index contributed by atoms with van der Waals surface area (Å²) in [5.74, 6) is -0.330. The van der Waals surface area contributed by atoms with Crippen molar-refractivity contribution in [2.24, 2.45) is 5.92 Å². The molecule has 1 aromatic heterocycles. The lowest BCUT2D eigenvalue weighted by molar-refractivity contribution is -0.149. The summed E-state index contributed by atoms with van der Waals surface area (Å²) in [5.41, 5.74) is 0.739. The Balaban J connectivity index is 2.08. The highest BCUT2D eigenvalue weighted by Crippen LogP contribution is 2.25. The molecule has 1 aromatic rings. The van der Waals surface area contributed by atoms with E-state index < -0.39 is 0 Å². The molecule has 2 heterocycles. The molecule has 1 saturated heterocycles. The molecule has 0 unspecified atom stereocenters. The van der Waals surface area contributed by atoms with Crippen LogP contribution in [-0.4, -0.2) is 46.1 Å². The Morgan fingerprint density at radius 3 is 2.90 bits per heavy atom. The average Bonchev–Trinajstić information content (AvgIpc) is 2.96. The van der Waals surface area contributed by atoms with E-state index in [1.165, 1.54) is 0 Å². The van der Waals surface area contributed by atoms with Crippen molar-refractivity contribution in [1.82, 2.24) is 14.5 Å². The van der Waals surface area contributed by atoms with E-state index in [9.17, 15) is 9.59 Å². The van der Waals surface area contributed by atoms with Crippen LogP contribution < -0.4 is 0 Å². The summed E-state index contributed by atoms with van der Waals surface area (Å²) >= 11 is 1.13. The number of hydrogen-bond donors (Lipinski definition) is 0. The summed E-state index contributed by atoms with van der Waals surface area (Å²) in [6.07, 6.45) is 1.60. The quantitative estimate of drug-likeness (QED) is 0.796. The molecule has 0 N–H and O–H groups in total. The SMILES string of the molecule is CCOC(=O)[C@@H]1CCCN(C(=O)c2snnc2C(C)C)C1. The Hall–Kier alpha value is -1.50. The fourth-order valence-corrected chi connectivity index (χ4v) is 3.27. The molecule has 1 aliphatic rings. The number of likely N-dealkylation sites (tertiary alicyclic amines) is 1. The number of rotatable bonds is 4. The minimum absolute atomic E-state index is 0.0669. The maximum Gasteiger partial charge on any atom is 0.310 e. The smallest absolute Gasteiger partial charge is 0.310 e. The Labute approximate surface area is 128 Å². The van der Waals surface area contributed by atoms with Crippen molar-refractivity contribution >= 4 is 23.4 Å². The number of amides is 1. The number of carbonyl (C=O) groups excluding carboxylic acids is 2. The zero-order valence-corrected chi connectivity index (χ0v) is 13.5. The molecule has 0 aliphatic carbocycles. The van der Waals surface area contributed by atoms with Crippen LogP contribution in [0.1, 0.15) is 54.9 Å². The topological polar surface area (TPSA) is 72.4 Å². The van der Waals surface area contributed by atoms with Gasteiger partial charge in [0.25, 0.3) is 5.91 Å². The normalized spacial score (nSPS) is 18.9. The first kappa shape index (κ1) is 15.9. The van der Waals surface area contributed by atoms with Crippen molar-refractivity contribution in [3.63, 3.8) is 0 Å². The number of carbonyl (C=O) groups is 2. The van der Waals surface area contributed by atoms with E-state index in [0.717, 1.165) is 30.1 Å². The largest absolute Gasteiger partial charge is 0.466 e. The van der Waals surface area contributed by atoms with Crippen LogP contribution in [0.3, 0.4) is 0 Å². The van der Waals surface area contributed by atoms with Crippen LogP contribution in [0.4, 0.5) is 0 Å². The Morgan fingerprint density at radius 2 is 2.24 bits per heavy atom. The van der Waals surface area contributed by atoms with Gasteiger partial charge in [-0.1, -0.05) is 18.3 Å². The van der Waals surface area contributed by atoms with Gasteiger partial charge in [-0.3, -0.25) is 9.59 Å². The lowest BCUT2D eigenvalue weighted by Crippen LogP contribution is -2.42. The number of hydrogen-bond acceptors (Lipinski definition) is 6. The summed E-state index contributed by atoms with van der Waals surface area (Å²) in [5, 5.41) is 4.04. The summed E-state index contributed by atoms with van der Waals surface area (Å²) < 4.78 is 8.96. The summed E-state index contributed by atoms with van der Waals surface area (Å²) in [6.45, 7) is 7.24. The first-order valence-electron chi connectivity index (χ1n) is 7.32. The van der Waals surface area contributed by atoms with E-state index in [0.29, 0.717) is 24.6 Å². The molecule has 1 aliphatic heterocycles. The minimum atomic E-state index is -0.217. The van der Waals surface area contributed by atoms with Gasteiger partial charge in [-0.2, -0.15) is 0 Å². The molecule has 2 rings (SSSR count). The van der Waals surface area contributed by atoms with E-state index in [-0.39, 0.29) is 23.7 Å². The summed E-state index contributed by atoms with van der Waals surface area (Å²) in [4.78, 5) is 26.8. The molecule has 7 heteroatoms. The molecular weight excluding hydrogens is 290 g/mol. The number of piperidine rings is 1. The van der Waals surface area contributed by atoms with Gasteiger partial charge in [0.1, 0.15) is 4.88 Å². The van der Waals surface area contributed by atoms with Crippen LogP contribution in [-0.2, 0) is 9.53 Å². The molecule has 0 spiro atoms. The van der Waals surface area contributed by atoms with Crippen molar-refractivity contribution in [2.75, 3.05) is 19.7 Å². The van der Waals surface area contributed by atoms with Crippen LogP contribution in [0.5, 0.6) is 0 Å². The second-order valence-corrected chi connectivity index (χ2v) is 6.24. The summed E-state index contributed by atoms with van der Waals surface area (Å²) in [6, 6.07) is 0. The Kier molecular flexibility index (Phi) is 5.27. The van der Waals surface area contributed by atoms with Gasteiger partial charge >= 0.3 is 5.97 Å². The molecule has 0 bridgehead atoms. The molecule has 6 nitrogen and oxygen atoms in total. The summed E-state index contributed by atoms with van der Waals surface area (Å²) in [7, 11) is 0. The second-order valence-electron chi connectivity index (χ2n) is 5.48. The molecule has 0 radical (unpaired) electrons. The van der Waals surface area contributed by atoms with Crippen LogP contribution in [0.25, 0.3) is 0 Å². The van der Waals surface area contributed by atoms with E-state index in [4.69, 9.17) is 4.74 Å². The van der Waals surface area contributed by atoms with E-state index in [2.05, 4.69) is 9.59 Å². The van der Waals surface area contributed by atoms with Crippen molar-refractivity contribution in [3.8, 4) is 0 Å². The van der Waals surface area contributed by atoms with Crippen LogP contribution >= 0.6 is 11.5 Å². The lowest BCUT2D eigenvalue weighted by Gasteiger charge is -2.31. The van der Waals surface area contributed by atoms with Gasteiger partial charge in [-0.15, -0.1) is 5.10 Å². The van der Waals surface area contributed by atoms with Crippen molar-refractivity contribution in [1.29, 1.82) is 0 Å². The molecule has 1 atom stereocenters. The maximum atomic E-state index is 12.6. The highest BCUT2D eigenvalue weighted by molar-refractivity contribution is 7.08. The van der Waals surface area contributed by atoms with E-state index in [1.54, 1.807) is 11.8 Å². The predicted molar refractivity (Wildman–Crippen MR) is 79.3 cm³/mol. The Bertz CT molecular complexity index is 515. The average molecular weight is 311 g/mol. The molecule has 21 heavy (non-hydrogen) atoms. The van der Waals surface area contributed by atoms with E-state index in [1.807, 2.05) is 13.8 Å². The Morgan fingerprint density at radius 1 is 1.48 bits per heavy atom. The molecule has 0 aromatic carbocycles. The zero-order valence-electron chi connectivity index (χ0n) is 12.7. The second kappa shape index (κ2) is 6.98. The minimum Gasteiger partial charge on any atom is -0.466 e. The van der Waals surface area contributed by atoms with Crippen molar-refractivity contribution < 1.29 is 14.3 Å². The molecule has 1 amide bonds. The van der Waals surface area contributed by atoms with Gasteiger partial charge < -0.3 is 9.64 Å². The number of ether oxygens (including phenoxy) is 1. The van der Waals surface area contributed by atoms with Crippen molar-refractivity contribution in [3.05, 3.63) is 10.6 Å². The van der Waals surface area contributed by atoms with Crippen LogP contribution in [0.2, 0.25) is 0 Å². The van der Waals surface area contributed by atoms with Gasteiger partial charge in [-0.25, -0.2) is 0 Å². The third kappa shape index (κ3) is 3.58. The van der Waals surface area contributed by atoms with Gasteiger partial charge in [0.15, 0.2) is 0 Å². The van der Waals surface area contributed by atoms with Gasteiger partial charge in [-0.05, 0) is 37.2 Å². The lowest BCUT2D eigenvalue weighted by atomic mass is 9.97. The van der Waals surface area contributed by atoms with Crippen LogP contribution in [0, 0.1) is 5.92 Å². The number of aromatic nitrogens is 2. The molecule has 116 valence electrons. The zero-order chi connectivity index (χ0) is 15.4. The third-order valence-electron chi connectivity index (χ3n) is 3.58. The van der Waals surface area contributed by atoms with Gasteiger partial charge in [0.2, 0.25) is 0 Å². The van der Waals surface area contributed by atoms with Gasteiger partial charge in [0.05, 0.1) is 18.2 Å². The molecule has 0 saturated carbocycles. The monoisotopic (exact) mass is 311 g/mol.